The molecule has 2 rings (SSSR count). The van der Waals surface area contributed by atoms with Crippen molar-refractivity contribution >= 4 is 0 Å². The summed E-state index contributed by atoms with van der Waals surface area (Å²) < 4.78 is 6.72. The predicted molar refractivity (Wildman–Crippen MR) is 75.9 cm³/mol. The molecule has 20 heavy (non-hydrogen) atoms. The van der Waals surface area contributed by atoms with Gasteiger partial charge in [-0.1, -0.05) is 17.7 Å². The summed E-state index contributed by atoms with van der Waals surface area (Å²) in [6.07, 6.45) is -0.789. The zero-order valence-corrected chi connectivity index (χ0v) is 11.6. The fourth-order valence-corrected chi connectivity index (χ4v) is 1.76. The quantitative estimate of drug-likeness (QED) is 0.892. The summed E-state index contributed by atoms with van der Waals surface area (Å²) in [4.78, 5) is 11.6. The van der Waals surface area contributed by atoms with Gasteiger partial charge in [0.05, 0.1) is 12.2 Å². The first kappa shape index (κ1) is 14.3. The fraction of sp³-hybridized carbons (Fsp3) is 0.333. The van der Waals surface area contributed by atoms with E-state index in [2.05, 4.69) is 5.10 Å². The molecule has 1 heterocycles. The molecule has 2 aromatic rings. The van der Waals surface area contributed by atoms with E-state index in [1.54, 1.807) is 13.0 Å². The van der Waals surface area contributed by atoms with Crippen LogP contribution in [0.5, 0.6) is 5.75 Å². The van der Waals surface area contributed by atoms with E-state index in [1.165, 1.54) is 10.7 Å². The molecule has 5 nitrogen and oxygen atoms in total. The van der Waals surface area contributed by atoms with Crippen molar-refractivity contribution in [1.82, 2.24) is 9.78 Å². The number of aryl methyl sites for hydroxylation is 2. The van der Waals surface area contributed by atoms with E-state index < -0.39 is 6.10 Å². The van der Waals surface area contributed by atoms with Crippen molar-refractivity contribution in [3.63, 3.8) is 0 Å². The average molecular weight is 274 g/mol. The highest BCUT2D eigenvalue weighted by Crippen LogP contribution is 2.11. The van der Waals surface area contributed by atoms with Crippen molar-refractivity contribution < 1.29 is 9.84 Å². The van der Waals surface area contributed by atoms with Crippen LogP contribution in [0.15, 0.2) is 41.2 Å². The minimum absolute atomic E-state index is 0.116. The number of nitrogens with zero attached hydrogens (tertiary/aromatic N) is 2. The molecular weight excluding hydrogens is 256 g/mol. The Bertz CT molecular complexity index is 620. The molecule has 1 aromatic heterocycles. The van der Waals surface area contributed by atoms with Crippen LogP contribution in [0.2, 0.25) is 0 Å². The number of hydrogen-bond acceptors (Lipinski definition) is 4. The molecule has 0 radical (unpaired) electrons. The first-order chi connectivity index (χ1) is 9.54. The molecule has 0 spiro atoms. The number of hydrogen-bond donors (Lipinski definition) is 1. The molecule has 1 unspecified atom stereocenters. The van der Waals surface area contributed by atoms with E-state index in [0.717, 1.165) is 11.3 Å². The Morgan fingerprint density at radius 3 is 2.60 bits per heavy atom. The second-order valence-corrected chi connectivity index (χ2v) is 4.77. The molecule has 0 bridgehead atoms. The van der Waals surface area contributed by atoms with E-state index in [9.17, 15) is 9.90 Å². The smallest absolute Gasteiger partial charge is 0.266 e. The van der Waals surface area contributed by atoms with Gasteiger partial charge in [-0.2, -0.15) is 5.10 Å². The Balaban J connectivity index is 1.92. The standard InChI is InChI=1S/C15H18N2O3/c1-11-3-6-14(7-4-11)20-10-13(18)9-17-15(19)8-5-12(2)16-17/h3-8,13,18H,9-10H2,1-2H3. The van der Waals surface area contributed by atoms with Crippen molar-refractivity contribution in [2.45, 2.75) is 26.5 Å². The third-order valence-corrected chi connectivity index (χ3v) is 2.85. The molecule has 0 saturated carbocycles. The van der Waals surface area contributed by atoms with Gasteiger partial charge in [0.25, 0.3) is 5.56 Å². The van der Waals surface area contributed by atoms with E-state index in [-0.39, 0.29) is 18.7 Å². The van der Waals surface area contributed by atoms with Crippen LogP contribution < -0.4 is 10.3 Å². The molecule has 0 aliphatic carbocycles. The summed E-state index contributed by atoms with van der Waals surface area (Å²) in [5.41, 5.74) is 1.65. The van der Waals surface area contributed by atoms with Gasteiger partial charge in [0.1, 0.15) is 18.5 Å². The minimum atomic E-state index is -0.789. The minimum Gasteiger partial charge on any atom is -0.491 e. The van der Waals surface area contributed by atoms with Crippen molar-refractivity contribution in [2.75, 3.05) is 6.61 Å². The molecule has 0 amide bonds. The van der Waals surface area contributed by atoms with Gasteiger partial charge in [-0.25, -0.2) is 4.68 Å². The van der Waals surface area contributed by atoms with Crippen molar-refractivity contribution in [1.29, 1.82) is 0 Å². The van der Waals surface area contributed by atoms with Gasteiger partial charge in [-0.3, -0.25) is 4.79 Å². The van der Waals surface area contributed by atoms with Crippen LogP contribution in [0.1, 0.15) is 11.3 Å². The largest absolute Gasteiger partial charge is 0.491 e. The van der Waals surface area contributed by atoms with Gasteiger partial charge in [0, 0.05) is 6.07 Å². The van der Waals surface area contributed by atoms with Crippen LogP contribution in [0.25, 0.3) is 0 Å². The van der Waals surface area contributed by atoms with Crippen LogP contribution >= 0.6 is 0 Å². The first-order valence-electron chi connectivity index (χ1n) is 6.47. The summed E-state index contributed by atoms with van der Waals surface area (Å²) in [5, 5.41) is 14.0. The van der Waals surface area contributed by atoms with Gasteiger partial charge < -0.3 is 9.84 Å². The Labute approximate surface area is 117 Å². The molecule has 0 aliphatic rings. The number of aromatic nitrogens is 2. The Kier molecular flexibility index (Phi) is 4.53. The number of aliphatic hydroxyl groups excluding tert-OH is 1. The van der Waals surface area contributed by atoms with Crippen LogP contribution in [-0.4, -0.2) is 27.6 Å². The van der Waals surface area contributed by atoms with E-state index in [1.807, 2.05) is 31.2 Å². The molecule has 1 N–H and O–H groups in total. The van der Waals surface area contributed by atoms with Crippen molar-refractivity contribution in [3.8, 4) is 5.75 Å². The Morgan fingerprint density at radius 1 is 1.20 bits per heavy atom. The summed E-state index contributed by atoms with van der Waals surface area (Å²) in [6, 6.07) is 10.7. The molecule has 0 saturated heterocycles. The summed E-state index contributed by atoms with van der Waals surface area (Å²) >= 11 is 0. The third kappa shape index (κ3) is 3.93. The molecule has 0 aliphatic heterocycles. The number of aliphatic hydroxyl groups is 1. The molecule has 0 fully saturated rings. The Hall–Kier alpha value is -2.14. The molecule has 1 aromatic carbocycles. The fourth-order valence-electron chi connectivity index (χ4n) is 1.76. The van der Waals surface area contributed by atoms with Crippen LogP contribution in [0, 0.1) is 13.8 Å². The third-order valence-electron chi connectivity index (χ3n) is 2.85. The molecule has 1 atom stereocenters. The molecule has 106 valence electrons. The van der Waals surface area contributed by atoms with Crippen LogP contribution in [0.3, 0.4) is 0 Å². The lowest BCUT2D eigenvalue weighted by molar-refractivity contribution is 0.0878. The van der Waals surface area contributed by atoms with E-state index in [4.69, 9.17) is 4.74 Å². The maximum absolute atomic E-state index is 11.6. The van der Waals surface area contributed by atoms with Gasteiger partial charge in [-0.05, 0) is 32.0 Å². The monoisotopic (exact) mass is 274 g/mol. The zero-order valence-electron chi connectivity index (χ0n) is 11.6. The van der Waals surface area contributed by atoms with Crippen molar-refractivity contribution in [3.05, 3.63) is 58.0 Å². The molecule has 5 heteroatoms. The second-order valence-electron chi connectivity index (χ2n) is 4.77. The highest BCUT2D eigenvalue weighted by molar-refractivity contribution is 5.26. The van der Waals surface area contributed by atoms with Gasteiger partial charge in [0.15, 0.2) is 0 Å². The topological polar surface area (TPSA) is 64.3 Å². The number of ether oxygens (including phenoxy) is 1. The SMILES string of the molecule is Cc1ccc(OCC(O)Cn2nc(C)ccc2=O)cc1. The van der Waals surface area contributed by atoms with E-state index >= 15 is 0 Å². The van der Waals surface area contributed by atoms with Gasteiger partial charge in [0.2, 0.25) is 0 Å². The van der Waals surface area contributed by atoms with E-state index in [0.29, 0.717) is 5.75 Å². The zero-order chi connectivity index (χ0) is 14.5. The lowest BCUT2D eigenvalue weighted by Gasteiger charge is -2.13. The highest BCUT2D eigenvalue weighted by Gasteiger charge is 2.08. The van der Waals surface area contributed by atoms with Crippen LogP contribution in [-0.2, 0) is 6.54 Å². The maximum Gasteiger partial charge on any atom is 0.266 e. The van der Waals surface area contributed by atoms with Crippen molar-refractivity contribution in [2.24, 2.45) is 0 Å². The highest BCUT2D eigenvalue weighted by atomic mass is 16.5. The van der Waals surface area contributed by atoms with Gasteiger partial charge >= 0.3 is 0 Å². The predicted octanol–water partition coefficient (Wildman–Crippen LogP) is 1.30. The van der Waals surface area contributed by atoms with Crippen LogP contribution in [0.4, 0.5) is 0 Å². The first-order valence-corrected chi connectivity index (χ1v) is 6.47. The summed E-state index contributed by atoms with van der Waals surface area (Å²) in [5.74, 6) is 0.694. The summed E-state index contributed by atoms with van der Waals surface area (Å²) in [6.45, 7) is 4.02. The lowest BCUT2D eigenvalue weighted by atomic mass is 10.2. The number of rotatable bonds is 5. The lowest BCUT2D eigenvalue weighted by Crippen LogP contribution is -2.31. The second kappa shape index (κ2) is 6.34. The van der Waals surface area contributed by atoms with Gasteiger partial charge in [-0.15, -0.1) is 0 Å². The number of benzene rings is 1. The maximum atomic E-state index is 11.6. The summed E-state index contributed by atoms with van der Waals surface area (Å²) in [7, 11) is 0. The molecular formula is C15H18N2O3. The normalized spacial score (nSPS) is 12.2. The Morgan fingerprint density at radius 2 is 1.90 bits per heavy atom. The average Bonchev–Trinajstić information content (AvgIpc) is 2.42.